The molecule has 5 heteroatoms. The molecule has 118 valence electrons. The van der Waals surface area contributed by atoms with E-state index in [0.717, 1.165) is 28.4 Å². The summed E-state index contributed by atoms with van der Waals surface area (Å²) in [7, 11) is 4.91. The van der Waals surface area contributed by atoms with Gasteiger partial charge >= 0.3 is 0 Å². The summed E-state index contributed by atoms with van der Waals surface area (Å²) in [4.78, 5) is 5.48. The Kier molecular flexibility index (Phi) is 6.06. The third-order valence-corrected chi connectivity index (χ3v) is 3.26. The van der Waals surface area contributed by atoms with Gasteiger partial charge in [-0.3, -0.25) is 4.84 Å². The molecule has 5 nitrogen and oxygen atoms in total. The first-order valence-corrected chi connectivity index (χ1v) is 6.95. The Balaban J connectivity index is 1.83. The first-order chi connectivity index (χ1) is 10.8. The van der Waals surface area contributed by atoms with Crippen LogP contribution in [-0.4, -0.2) is 21.3 Å². The Hall–Kier alpha value is -2.24. The molecule has 0 atom stereocenters. The number of ether oxygens (including phenoxy) is 3. The molecule has 0 fully saturated rings. The molecule has 0 aromatic heterocycles. The van der Waals surface area contributed by atoms with E-state index in [1.165, 1.54) is 0 Å². The molecule has 0 aliphatic carbocycles. The molecular formula is C17H21NO4. The zero-order chi connectivity index (χ0) is 15.8. The van der Waals surface area contributed by atoms with Gasteiger partial charge < -0.3 is 14.2 Å². The van der Waals surface area contributed by atoms with Crippen molar-refractivity contribution in [3.63, 3.8) is 0 Å². The van der Waals surface area contributed by atoms with Crippen LogP contribution in [0, 0.1) is 0 Å². The highest BCUT2D eigenvalue weighted by molar-refractivity contribution is 5.40. The summed E-state index contributed by atoms with van der Waals surface area (Å²) in [5, 5.41) is 0. The van der Waals surface area contributed by atoms with Gasteiger partial charge in [0.2, 0.25) is 0 Å². The summed E-state index contributed by atoms with van der Waals surface area (Å²) in [5.41, 5.74) is 5.00. The normalized spacial score (nSPS) is 10.3. The molecule has 0 unspecified atom stereocenters. The van der Waals surface area contributed by atoms with Crippen LogP contribution in [0.3, 0.4) is 0 Å². The second-order valence-corrected chi connectivity index (χ2v) is 4.64. The number of hydroxylamine groups is 1. The zero-order valence-corrected chi connectivity index (χ0v) is 13.1. The van der Waals surface area contributed by atoms with Crippen LogP contribution in [0.1, 0.15) is 11.1 Å². The van der Waals surface area contributed by atoms with E-state index in [9.17, 15) is 0 Å². The van der Waals surface area contributed by atoms with Gasteiger partial charge in [0.1, 0.15) is 17.2 Å². The van der Waals surface area contributed by atoms with Crippen LogP contribution in [0.5, 0.6) is 17.2 Å². The number of hydrogen-bond donors (Lipinski definition) is 1. The minimum Gasteiger partial charge on any atom is -0.497 e. The van der Waals surface area contributed by atoms with Gasteiger partial charge in [-0.1, -0.05) is 18.2 Å². The molecule has 0 spiro atoms. The topological polar surface area (TPSA) is 49.0 Å². The summed E-state index contributed by atoms with van der Waals surface area (Å²) in [6, 6.07) is 13.4. The lowest BCUT2D eigenvalue weighted by Crippen LogP contribution is -2.14. The molecule has 2 aromatic carbocycles. The van der Waals surface area contributed by atoms with Crippen molar-refractivity contribution in [2.75, 3.05) is 21.3 Å². The fourth-order valence-electron chi connectivity index (χ4n) is 1.98. The molecule has 1 N–H and O–H groups in total. The third-order valence-electron chi connectivity index (χ3n) is 3.26. The molecule has 0 aliphatic rings. The lowest BCUT2D eigenvalue weighted by molar-refractivity contribution is 0.0231. The van der Waals surface area contributed by atoms with Crippen molar-refractivity contribution in [1.29, 1.82) is 0 Å². The van der Waals surface area contributed by atoms with Crippen molar-refractivity contribution in [1.82, 2.24) is 5.48 Å². The van der Waals surface area contributed by atoms with E-state index in [2.05, 4.69) is 5.48 Å². The average Bonchev–Trinajstić information content (AvgIpc) is 2.59. The minimum absolute atomic E-state index is 0.475. The maximum absolute atomic E-state index is 5.48. The summed E-state index contributed by atoms with van der Waals surface area (Å²) in [6.45, 7) is 1.02. The second kappa shape index (κ2) is 8.26. The Bertz CT molecular complexity index is 584. The van der Waals surface area contributed by atoms with Crippen LogP contribution in [-0.2, 0) is 18.0 Å². The minimum atomic E-state index is 0.475. The first kappa shape index (κ1) is 16.1. The molecule has 0 aliphatic heterocycles. The van der Waals surface area contributed by atoms with Gasteiger partial charge in [0, 0.05) is 18.2 Å². The quantitative estimate of drug-likeness (QED) is 0.600. The SMILES string of the molecule is COc1ccc(CONCc2ccc(OC)cc2OC)cc1. The lowest BCUT2D eigenvalue weighted by atomic mass is 10.2. The number of hydrogen-bond acceptors (Lipinski definition) is 5. The molecule has 0 heterocycles. The molecule has 2 aromatic rings. The molecule has 0 amide bonds. The standard InChI is InChI=1S/C17H21NO4/c1-19-15-7-4-13(5-8-15)12-22-18-11-14-6-9-16(20-2)10-17(14)21-3/h4-10,18H,11-12H2,1-3H3. The fourth-order valence-corrected chi connectivity index (χ4v) is 1.98. The zero-order valence-electron chi connectivity index (χ0n) is 13.1. The highest BCUT2D eigenvalue weighted by atomic mass is 16.6. The van der Waals surface area contributed by atoms with Gasteiger partial charge in [-0.25, -0.2) is 0 Å². The van der Waals surface area contributed by atoms with Crippen LogP contribution in [0.25, 0.3) is 0 Å². The van der Waals surface area contributed by atoms with Crippen LogP contribution in [0.4, 0.5) is 0 Å². The Labute approximate surface area is 130 Å². The van der Waals surface area contributed by atoms with E-state index in [1.807, 2.05) is 42.5 Å². The molecular weight excluding hydrogens is 282 g/mol. The van der Waals surface area contributed by atoms with E-state index < -0.39 is 0 Å². The van der Waals surface area contributed by atoms with Crippen molar-refractivity contribution in [3.05, 3.63) is 53.6 Å². The summed E-state index contributed by atoms with van der Waals surface area (Å²) in [6.07, 6.45) is 0. The first-order valence-electron chi connectivity index (χ1n) is 6.95. The van der Waals surface area contributed by atoms with Gasteiger partial charge in [0.15, 0.2) is 0 Å². The Morgan fingerprint density at radius 3 is 2.14 bits per heavy atom. The molecule has 0 bridgehead atoms. The van der Waals surface area contributed by atoms with Gasteiger partial charge in [-0.2, -0.15) is 5.48 Å². The molecule has 0 radical (unpaired) electrons. The van der Waals surface area contributed by atoms with Gasteiger partial charge in [-0.15, -0.1) is 0 Å². The predicted octanol–water partition coefficient (Wildman–Crippen LogP) is 2.93. The van der Waals surface area contributed by atoms with Crippen molar-refractivity contribution in [3.8, 4) is 17.2 Å². The monoisotopic (exact) mass is 303 g/mol. The summed E-state index contributed by atoms with van der Waals surface area (Å²) in [5.74, 6) is 2.36. The van der Waals surface area contributed by atoms with Crippen LogP contribution in [0.15, 0.2) is 42.5 Å². The predicted molar refractivity (Wildman–Crippen MR) is 84.2 cm³/mol. The van der Waals surface area contributed by atoms with Gasteiger partial charge in [-0.05, 0) is 23.8 Å². The summed E-state index contributed by atoms with van der Waals surface area (Å²) >= 11 is 0. The number of methoxy groups -OCH3 is 3. The lowest BCUT2D eigenvalue weighted by Gasteiger charge is -2.11. The highest BCUT2D eigenvalue weighted by Crippen LogP contribution is 2.24. The van der Waals surface area contributed by atoms with E-state index in [0.29, 0.717) is 13.2 Å². The van der Waals surface area contributed by atoms with Crippen LogP contribution in [0.2, 0.25) is 0 Å². The smallest absolute Gasteiger partial charge is 0.127 e. The van der Waals surface area contributed by atoms with E-state index in [4.69, 9.17) is 19.0 Å². The maximum Gasteiger partial charge on any atom is 0.127 e. The average molecular weight is 303 g/mol. The Morgan fingerprint density at radius 1 is 0.818 bits per heavy atom. The number of rotatable bonds is 8. The number of nitrogens with one attached hydrogen (secondary N) is 1. The largest absolute Gasteiger partial charge is 0.497 e. The Morgan fingerprint density at radius 2 is 1.50 bits per heavy atom. The molecule has 0 saturated carbocycles. The van der Waals surface area contributed by atoms with Gasteiger partial charge in [0.05, 0.1) is 27.9 Å². The van der Waals surface area contributed by atoms with Crippen LogP contribution >= 0.6 is 0 Å². The van der Waals surface area contributed by atoms with Gasteiger partial charge in [0.25, 0.3) is 0 Å². The second-order valence-electron chi connectivity index (χ2n) is 4.64. The van der Waals surface area contributed by atoms with Crippen molar-refractivity contribution in [2.45, 2.75) is 13.2 Å². The van der Waals surface area contributed by atoms with E-state index in [1.54, 1.807) is 21.3 Å². The van der Waals surface area contributed by atoms with E-state index >= 15 is 0 Å². The van der Waals surface area contributed by atoms with E-state index in [-0.39, 0.29) is 0 Å². The molecule has 0 saturated heterocycles. The molecule has 2 rings (SSSR count). The van der Waals surface area contributed by atoms with Crippen molar-refractivity contribution in [2.24, 2.45) is 0 Å². The number of benzene rings is 2. The molecule has 22 heavy (non-hydrogen) atoms. The summed E-state index contributed by atoms with van der Waals surface area (Å²) < 4.78 is 15.6. The highest BCUT2D eigenvalue weighted by Gasteiger charge is 2.04. The fraction of sp³-hybridized carbons (Fsp3) is 0.294. The van der Waals surface area contributed by atoms with Crippen molar-refractivity contribution < 1.29 is 19.0 Å². The maximum atomic E-state index is 5.48. The van der Waals surface area contributed by atoms with Crippen molar-refractivity contribution >= 4 is 0 Å². The third kappa shape index (κ3) is 4.38. The van der Waals surface area contributed by atoms with Crippen LogP contribution < -0.4 is 19.7 Å².